The van der Waals surface area contributed by atoms with Gasteiger partial charge in [0.1, 0.15) is 17.5 Å². The third-order valence-electron chi connectivity index (χ3n) is 5.53. The summed E-state index contributed by atoms with van der Waals surface area (Å²) in [4.78, 5) is 32.5. The molecule has 1 saturated heterocycles. The van der Waals surface area contributed by atoms with Gasteiger partial charge in [-0.05, 0) is 42.2 Å². The van der Waals surface area contributed by atoms with E-state index in [9.17, 15) is 9.59 Å². The Morgan fingerprint density at radius 2 is 1.71 bits per heavy atom. The van der Waals surface area contributed by atoms with Gasteiger partial charge in [0.25, 0.3) is 0 Å². The van der Waals surface area contributed by atoms with Gasteiger partial charge >= 0.3 is 0 Å². The van der Waals surface area contributed by atoms with Gasteiger partial charge in [-0.25, -0.2) is 4.85 Å². The number of ether oxygens (including phenoxy) is 1. The van der Waals surface area contributed by atoms with Crippen molar-refractivity contribution < 1.29 is 14.3 Å². The summed E-state index contributed by atoms with van der Waals surface area (Å²) in [5.41, 5.74) is 7.56. The molecule has 0 bridgehead atoms. The second-order valence-electron chi connectivity index (χ2n) is 8.19. The maximum absolute atomic E-state index is 13.0. The molecule has 3 atom stereocenters. The van der Waals surface area contributed by atoms with Gasteiger partial charge in [0, 0.05) is 27.2 Å². The fraction of sp³-hybridized carbons (Fsp3) is 0.375. The van der Waals surface area contributed by atoms with Crippen molar-refractivity contribution in [1.82, 2.24) is 9.80 Å². The molecular weight excluding hydrogens is 392 g/mol. The number of rotatable bonds is 6. The minimum absolute atomic E-state index is 0.190. The SMILES string of the molecule is [C-]#[N+]c1ccc(Oc2ccc([C@H](C(=O)N(C)C)[C@H](N)C(=O)N3CC[C@H](C)C3)cc2)cc1. The Balaban J connectivity index is 1.79. The molecule has 2 N–H and O–H groups in total. The van der Waals surface area contributed by atoms with Gasteiger partial charge in [-0.3, -0.25) is 9.59 Å². The maximum Gasteiger partial charge on any atom is 0.240 e. The molecule has 1 aliphatic rings. The van der Waals surface area contributed by atoms with E-state index in [1.807, 2.05) is 0 Å². The first kappa shape index (κ1) is 22.3. The Bertz CT molecular complexity index is 964. The van der Waals surface area contributed by atoms with Gasteiger partial charge in [-0.15, -0.1) is 0 Å². The van der Waals surface area contributed by atoms with E-state index >= 15 is 0 Å². The van der Waals surface area contributed by atoms with Crippen molar-refractivity contribution in [2.24, 2.45) is 11.7 Å². The molecule has 3 rings (SSSR count). The fourth-order valence-electron chi connectivity index (χ4n) is 3.74. The number of nitrogens with zero attached hydrogens (tertiary/aromatic N) is 3. The molecule has 2 amide bonds. The van der Waals surface area contributed by atoms with E-state index in [0.29, 0.717) is 41.8 Å². The molecule has 0 unspecified atom stereocenters. The Labute approximate surface area is 183 Å². The standard InChI is InChI=1S/C24H28N4O3/c1-16-13-14-28(15-16)24(30)22(25)21(23(29)27(3)4)17-5-9-19(10-6-17)31-20-11-7-18(26-2)8-12-20/h5-12,16,21-22H,13-15,25H2,1,3-4H3/t16-,21-,22-/m0/s1. The second-order valence-corrected chi connectivity index (χ2v) is 8.19. The van der Waals surface area contributed by atoms with Crippen LogP contribution in [0.15, 0.2) is 48.5 Å². The van der Waals surface area contributed by atoms with Gasteiger partial charge in [0.05, 0.1) is 12.5 Å². The molecule has 2 aromatic rings. The monoisotopic (exact) mass is 420 g/mol. The molecule has 1 aliphatic heterocycles. The minimum Gasteiger partial charge on any atom is -0.457 e. The van der Waals surface area contributed by atoms with Crippen LogP contribution in [-0.2, 0) is 9.59 Å². The zero-order valence-corrected chi connectivity index (χ0v) is 18.1. The summed E-state index contributed by atoms with van der Waals surface area (Å²) >= 11 is 0. The van der Waals surface area contributed by atoms with E-state index in [1.165, 1.54) is 4.90 Å². The second kappa shape index (κ2) is 9.63. The highest BCUT2D eigenvalue weighted by atomic mass is 16.5. The van der Waals surface area contributed by atoms with Crippen LogP contribution in [0, 0.1) is 12.5 Å². The number of amides is 2. The number of hydrogen-bond donors (Lipinski definition) is 1. The molecule has 162 valence electrons. The average molecular weight is 421 g/mol. The molecule has 31 heavy (non-hydrogen) atoms. The number of benzene rings is 2. The Hall–Kier alpha value is -3.37. The lowest BCUT2D eigenvalue weighted by molar-refractivity contribution is -0.138. The molecular formula is C24H28N4O3. The highest BCUT2D eigenvalue weighted by Gasteiger charge is 2.37. The Morgan fingerprint density at radius 3 is 2.19 bits per heavy atom. The predicted molar refractivity (Wildman–Crippen MR) is 119 cm³/mol. The lowest BCUT2D eigenvalue weighted by Crippen LogP contribution is -2.50. The number of hydrogen-bond acceptors (Lipinski definition) is 4. The van der Waals surface area contributed by atoms with Gasteiger partial charge < -0.3 is 20.3 Å². The van der Waals surface area contributed by atoms with Crippen LogP contribution in [-0.4, -0.2) is 54.8 Å². The minimum atomic E-state index is -0.951. The topological polar surface area (TPSA) is 80.2 Å². The van der Waals surface area contributed by atoms with Crippen molar-refractivity contribution in [3.63, 3.8) is 0 Å². The highest BCUT2D eigenvalue weighted by molar-refractivity contribution is 5.93. The molecule has 7 heteroatoms. The van der Waals surface area contributed by atoms with Crippen LogP contribution in [0.1, 0.15) is 24.8 Å². The smallest absolute Gasteiger partial charge is 0.240 e. The average Bonchev–Trinajstić information content (AvgIpc) is 3.21. The third-order valence-corrected chi connectivity index (χ3v) is 5.53. The summed E-state index contributed by atoms with van der Waals surface area (Å²) in [6.45, 7) is 10.5. The van der Waals surface area contributed by atoms with Crippen LogP contribution in [0.4, 0.5) is 5.69 Å². The number of likely N-dealkylation sites (N-methyl/N-ethyl adjacent to an activating group) is 1. The molecule has 0 spiro atoms. The summed E-state index contributed by atoms with van der Waals surface area (Å²) in [7, 11) is 3.32. The van der Waals surface area contributed by atoms with Crippen LogP contribution in [0.25, 0.3) is 4.85 Å². The summed E-state index contributed by atoms with van der Waals surface area (Å²) in [6, 6.07) is 12.9. The van der Waals surface area contributed by atoms with E-state index in [0.717, 1.165) is 6.42 Å². The molecule has 0 saturated carbocycles. The summed E-state index contributed by atoms with van der Waals surface area (Å²) < 4.78 is 5.82. The van der Waals surface area contributed by atoms with Crippen LogP contribution >= 0.6 is 0 Å². The van der Waals surface area contributed by atoms with E-state index < -0.39 is 12.0 Å². The zero-order chi connectivity index (χ0) is 22.5. The van der Waals surface area contributed by atoms with Crippen LogP contribution in [0.5, 0.6) is 11.5 Å². The lowest BCUT2D eigenvalue weighted by Gasteiger charge is -2.28. The largest absolute Gasteiger partial charge is 0.457 e. The van der Waals surface area contributed by atoms with Crippen LogP contribution < -0.4 is 10.5 Å². The van der Waals surface area contributed by atoms with E-state index in [1.54, 1.807) is 67.5 Å². The Morgan fingerprint density at radius 1 is 1.13 bits per heavy atom. The fourth-order valence-corrected chi connectivity index (χ4v) is 3.74. The van der Waals surface area contributed by atoms with Gasteiger partial charge in [-0.1, -0.05) is 31.2 Å². The number of likely N-dealkylation sites (tertiary alicyclic amines) is 1. The van der Waals surface area contributed by atoms with Gasteiger partial charge in [0.2, 0.25) is 11.8 Å². The summed E-state index contributed by atoms with van der Waals surface area (Å²) in [5.74, 6) is 0.464. The van der Waals surface area contributed by atoms with E-state index in [-0.39, 0.29) is 11.8 Å². The third kappa shape index (κ3) is 5.22. The van der Waals surface area contributed by atoms with Crippen molar-refractivity contribution in [3.05, 3.63) is 65.5 Å². The van der Waals surface area contributed by atoms with Crippen LogP contribution in [0.2, 0.25) is 0 Å². The summed E-state index contributed by atoms with van der Waals surface area (Å²) in [5, 5.41) is 0. The van der Waals surface area contributed by atoms with Crippen LogP contribution in [0.3, 0.4) is 0 Å². The molecule has 0 aliphatic carbocycles. The van der Waals surface area contributed by atoms with E-state index in [2.05, 4.69) is 11.8 Å². The van der Waals surface area contributed by atoms with E-state index in [4.69, 9.17) is 17.0 Å². The molecule has 1 fully saturated rings. The molecule has 2 aromatic carbocycles. The number of carbonyl (C=O) groups is 2. The van der Waals surface area contributed by atoms with Crippen molar-refractivity contribution in [3.8, 4) is 11.5 Å². The Kier molecular flexibility index (Phi) is 6.93. The number of carbonyl (C=O) groups excluding carboxylic acids is 2. The summed E-state index contributed by atoms with van der Waals surface area (Å²) in [6.07, 6.45) is 0.952. The predicted octanol–water partition coefficient (Wildman–Crippen LogP) is 3.40. The van der Waals surface area contributed by atoms with Gasteiger partial charge in [0.15, 0.2) is 5.69 Å². The normalized spacial score (nSPS) is 17.5. The van der Waals surface area contributed by atoms with Crippen molar-refractivity contribution in [2.75, 3.05) is 27.2 Å². The molecule has 0 aromatic heterocycles. The molecule has 7 nitrogen and oxygen atoms in total. The zero-order valence-electron chi connectivity index (χ0n) is 18.1. The molecule has 0 radical (unpaired) electrons. The lowest BCUT2D eigenvalue weighted by atomic mass is 9.89. The van der Waals surface area contributed by atoms with Crippen molar-refractivity contribution >= 4 is 17.5 Å². The first-order chi connectivity index (χ1) is 14.8. The van der Waals surface area contributed by atoms with Gasteiger partial charge in [-0.2, -0.15) is 0 Å². The first-order valence-electron chi connectivity index (χ1n) is 10.3. The maximum atomic E-state index is 13.0. The quantitative estimate of drug-likeness (QED) is 0.727. The molecule has 1 heterocycles. The van der Waals surface area contributed by atoms with Crippen molar-refractivity contribution in [2.45, 2.75) is 25.3 Å². The first-order valence-corrected chi connectivity index (χ1v) is 10.3. The van der Waals surface area contributed by atoms with Crippen molar-refractivity contribution in [1.29, 1.82) is 0 Å². The highest BCUT2D eigenvalue weighted by Crippen LogP contribution is 2.29. The number of nitrogens with two attached hydrogens (primary N) is 1.